The maximum absolute atomic E-state index is 9.79. The third-order valence-electron chi connectivity index (χ3n) is 3.37. The molecule has 0 amide bonds. The van der Waals surface area contributed by atoms with Crippen molar-refractivity contribution in [3.63, 3.8) is 0 Å². The largest absolute Gasteiger partial charge is 0.389 e. The van der Waals surface area contributed by atoms with E-state index in [1.807, 2.05) is 6.92 Å². The fourth-order valence-electron chi connectivity index (χ4n) is 2.41. The molecule has 1 fully saturated rings. The highest BCUT2D eigenvalue weighted by molar-refractivity contribution is 4.75. The maximum atomic E-state index is 9.79. The van der Waals surface area contributed by atoms with Crippen LogP contribution >= 0.6 is 0 Å². The SMILES string of the molecule is C[C@@H]1CN(CCCCC(C)(O)CN)C[C@H](C)O1. The highest BCUT2D eigenvalue weighted by atomic mass is 16.5. The second-order valence-corrected chi connectivity index (χ2v) is 5.68. The first-order chi connectivity index (χ1) is 7.93. The Labute approximate surface area is 105 Å². The molecule has 0 aromatic rings. The summed E-state index contributed by atoms with van der Waals surface area (Å²) < 4.78 is 5.70. The van der Waals surface area contributed by atoms with Gasteiger partial charge in [-0.2, -0.15) is 0 Å². The summed E-state index contributed by atoms with van der Waals surface area (Å²) in [6, 6.07) is 0. The Morgan fingerprint density at radius 2 is 1.88 bits per heavy atom. The fourth-order valence-corrected chi connectivity index (χ4v) is 2.41. The molecule has 4 nitrogen and oxygen atoms in total. The zero-order valence-corrected chi connectivity index (χ0v) is 11.5. The summed E-state index contributed by atoms with van der Waals surface area (Å²) in [6.07, 6.45) is 3.62. The number of unbranched alkanes of at least 4 members (excludes halogenated alkanes) is 1. The van der Waals surface area contributed by atoms with Gasteiger partial charge in [-0.3, -0.25) is 4.90 Å². The quantitative estimate of drug-likeness (QED) is 0.684. The van der Waals surface area contributed by atoms with Gasteiger partial charge in [0.05, 0.1) is 17.8 Å². The minimum absolute atomic E-state index is 0.339. The molecule has 1 unspecified atom stereocenters. The van der Waals surface area contributed by atoms with Gasteiger partial charge in [-0.1, -0.05) is 0 Å². The van der Waals surface area contributed by atoms with Crippen LogP contribution in [0, 0.1) is 0 Å². The summed E-state index contributed by atoms with van der Waals surface area (Å²) in [7, 11) is 0. The van der Waals surface area contributed by atoms with Gasteiger partial charge in [0, 0.05) is 19.6 Å². The first-order valence-corrected chi connectivity index (χ1v) is 6.73. The number of hydrogen-bond donors (Lipinski definition) is 2. The summed E-state index contributed by atoms with van der Waals surface area (Å²) in [4.78, 5) is 2.45. The Balaban J connectivity index is 2.14. The summed E-state index contributed by atoms with van der Waals surface area (Å²) in [5, 5.41) is 9.79. The van der Waals surface area contributed by atoms with E-state index in [0.717, 1.165) is 38.9 Å². The van der Waals surface area contributed by atoms with E-state index in [9.17, 15) is 5.11 Å². The molecular formula is C13H28N2O2. The third-order valence-corrected chi connectivity index (χ3v) is 3.37. The van der Waals surface area contributed by atoms with Gasteiger partial charge in [0.15, 0.2) is 0 Å². The lowest BCUT2D eigenvalue weighted by molar-refractivity contribution is -0.0684. The molecule has 1 rings (SSSR count). The van der Waals surface area contributed by atoms with E-state index in [1.54, 1.807) is 0 Å². The molecule has 1 aliphatic heterocycles. The van der Waals surface area contributed by atoms with Crippen LogP contribution in [0.5, 0.6) is 0 Å². The maximum Gasteiger partial charge on any atom is 0.0741 e. The van der Waals surface area contributed by atoms with Crippen molar-refractivity contribution in [1.29, 1.82) is 0 Å². The van der Waals surface area contributed by atoms with Crippen LogP contribution in [0.15, 0.2) is 0 Å². The second-order valence-electron chi connectivity index (χ2n) is 5.68. The van der Waals surface area contributed by atoms with Crippen molar-refractivity contribution < 1.29 is 9.84 Å². The van der Waals surface area contributed by atoms with Gasteiger partial charge in [-0.25, -0.2) is 0 Å². The van der Waals surface area contributed by atoms with Crippen molar-refractivity contribution in [1.82, 2.24) is 4.90 Å². The fraction of sp³-hybridized carbons (Fsp3) is 1.00. The highest BCUT2D eigenvalue weighted by Crippen LogP contribution is 2.14. The summed E-state index contributed by atoms with van der Waals surface area (Å²) in [6.45, 7) is 9.56. The smallest absolute Gasteiger partial charge is 0.0741 e. The molecule has 0 saturated carbocycles. The number of ether oxygens (including phenoxy) is 1. The predicted molar refractivity (Wildman–Crippen MR) is 70.0 cm³/mol. The zero-order chi connectivity index (χ0) is 12.9. The molecule has 4 heteroatoms. The number of rotatable bonds is 6. The van der Waals surface area contributed by atoms with Crippen LogP contribution in [0.1, 0.15) is 40.0 Å². The van der Waals surface area contributed by atoms with Crippen molar-refractivity contribution in [2.24, 2.45) is 5.73 Å². The first-order valence-electron chi connectivity index (χ1n) is 6.73. The molecule has 0 aliphatic carbocycles. The average molecular weight is 244 g/mol. The highest BCUT2D eigenvalue weighted by Gasteiger charge is 2.22. The van der Waals surface area contributed by atoms with Crippen LogP contribution in [0.25, 0.3) is 0 Å². The van der Waals surface area contributed by atoms with Crippen LogP contribution < -0.4 is 5.73 Å². The van der Waals surface area contributed by atoms with Crippen LogP contribution in [-0.4, -0.2) is 54.0 Å². The summed E-state index contributed by atoms with van der Waals surface area (Å²) in [5.41, 5.74) is 4.80. The van der Waals surface area contributed by atoms with Crippen molar-refractivity contribution in [2.75, 3.05) is 26.2 Å². The van der Waals surface area contributed by atoms with Crippen molar-refractivity contribution in [3.8, 4) is 0 Å². The molecule has 102 valence electrons. The van der Waals surface area contributed by atoms with E-state index in [-0.39, 0.29) is 0 Å². The number of morpholine rings is 1. The predicted octanol–water partition coefficient (Wildman–Crippen LogP) is 0.976. The molecule has 1 aliphatic rings. The van der Waals surface area contributed by atoms with Gasteiger partial charge < -0.3 is 15.6 Å². The molecule has 3 atom stereocenters. The minimum Gasteiger partial charge on any atom is -0.389 e. The summed E-state index contributed by atoms with van der Waals surface area (Å²) in [5.74, 6) is 0. The number of nitrogens with zero attached hydrogens (tertiary/aromatic N) is 1. The number of hydrogen-bond acceptors (Lipinski definition) is 4. The topological polar surface area (TPSA) is 58.7 Å². The molecule has 17 heavy (non-hydrogen) atoms. The molecule has 0 aromatic heterocycles. The Morgan fingerprint density at radius 3 is 2.41 bits per heavy atom. The summed E-state index contributed by atoms with van der Waals surface area (Å²) >= 11 is 0. The van der Waals surface area contributed by atoms with E-state index in [4.69, 9.17) is 10.5 Å². The van der Waals surface area contributed by atoms with Crippen molar-refractivity contribution >= 4 is 0 Å². The molecule has 0 spiro atoms. The standard InChI is InChI=1S/C13H28N2O2/c1-11-8-15(9-12(2)17-11)7-5-4-6-13(3,16)10-14/h11-12,16H,4-10,14H2,1-3H3/t11-,12+,13?. The molecule has 0 aromatic carbocycles. The van der Waals surface area contributed by atoms with Gasteiger partial charge in [0.2, 0.25) is 0 Å². The molecule has 0 bridgehead atoms. The second kappa shape index (κ2) is 6.69. The van der Waals surface area contributed by atoms with Gasteiger partial charge in [0.25, 0.3) is 0 Å². The van der Waals surface area contributed by atoms with Crippen molar-refractivity contribution in [2.45, 2.75) is 57.8 Å². The number of nitrogens with two attached hydrogens (primary N) is 1. The monoisotopic (exact) mass is 244 g/mol. The van der Waals surface area contributed by atoms with Crippen LogP contribution in [0.3, 0.4) is 0 Å². The van der Waals surface area contributed by atoms with Crippen LogP contribution in [0.4, 0.5) is 0 Å². The normalized spacial score (nSPS) is 30.2. The molecular weight excluding hydrogens is 216 g/mol. The van der Waals surface area contributed by atoms with Crippen LogP contribution in [-0.2, 0) is 4.74 Å². The number of aliphatic hydroxyl groups is 1. The molecule has 3 N–H and O–H groups in total. The minimum atomic E-state index is -0.689. The third kappa shape index (κ3) is 5.82. The van der Waals surface area contributed by atoms with Gasteiger partial charge >= 0.3 is 0 Å². The molecule has 1 heterocycles. The van der Waals surface area contributed by atoms with E-state index in [2.05, 4.69) is 18.7 Å². The lowest BCUT2D eigenvalue weighted by atomic mass is 9.99. The zero-order valence-electron chi connectivity index (χ0n) is 11.5. The van der Waals surface area contributed by atoms with Gasteiger partial charge in [-0.15, -0.1) is 0 Å². The van der Waals surface area contributed by atoms with E-state index < -0.39 is 5.60 Å². The van der Waals surface area contributed by atoms with Crippen molar-refractivity contribution in [3.05, 3.63) is 0 Å². The average Bonchev–Trinajstić information content (AvgIpc) is 2.23. The van der Waals surface area contributed by atoms with Gasteiger partial charge in [0.1, 0.15) is 0 Å². The Morgan fingerprint density at radius 1 is 1.29 bits per heavy atom. The lowest BCUT2D eigenvalue weighted by Crippen LogP contribution is -2.45. The van der Waals surface area contributed by atoms with Gasteiger partial charge in [-0.05, 0) is 46.6 Å². The Hall–Kier alpha value is -0.160. The Bertz CT molecular complexity index is 211. The first kappa shape index (κ1) is 14.9. The van der Waals surface area contributed by atoms with E-state index in [0.29, 0.717) is 18.8 Å². The molecule has 0 radical (unpaired) electrons. The van der Waals surface area contributed by atoms with E-state index in [1.165, 1.54) is 0 Å². The van der Waals surface area contributed by atoms with E-state index >= 15 is 0 Å². The Kier molecular flexibility index (Phi) is 5.86. The molecule has 1 saturated heterocycles. The lowest BCUT2D eigenvalue weighted by Gasteiger charge is -2.35. The van der Waals surface area contributed by atoms with Crippen LogP contribution in [0.2, 0.25) is 0 Å².